The van der Waals surface area contributed by atoms with Crippen LogP contribution in [0, 0.1) is 5.21 Å². The fourth-order valence-corrected chi connectivity index (χ4v) is 0.669. The van der Waals surface area contributed by atoms with Gasteiger partial charge in [0.2, 0.25) is 0 Å². The molecule has 0 unspecified atom stereocenters. The third-order valence-corrected chi connectivity index (χ3v) is 1.10. The first kappa shape index (κ1) is 10.8. The topological polar surface area (TPSA) is 76.8 Å². The Morgan fingerprint density at radius 2 is 2.00 bits per heavy atom. The van der Waals surface area contributed by atoms with Gasteiger partial charge in [0, 0.05) is 14.1 Å². The number of hydrogen-bond acceptors (Lipinski definition) is 6. The maximum absolute atomic E-state index is 11.1. The average Bonchev–Trinajstić information content (AvgIpc) is 1.86. The quantitative estimate of drug-likeness (QED) is 0.327. The lowest BCUT2D eigenvalue weighted by atomic mass is 10.3. The summed E-state index contributed by atoms with van der Waals surface area (Å²) < 4.78 is 0. The Labute approximate surface area is 66.4 Å². The van der Waals surface area contributed by atoms with Crippen LogP contribution in [0.5, 0.6) is 0 Å². The van der Waals surface area contributed by atoms with Gasteiger partial charge in [0.05, 0.1) is 0 Å². The molecule has 0 aromatic carbocycles. The summed E-state index contributed by atoms with van der Waals surface area (Å²) in [5.41, 5.74) is 1.42. The molecule has 0 aliphatic carbocycles. The molecule has 0 rings (SSSR count). The summed E-state index contributed by atoms with van der Waals surface area (Å²) in [7, 11) is 3.01. The fourth-order valence-electron chi connectivity index (χ4n) is 0.669. The number of nitrogens with two attached hydrogens (primary N) is 1. The van der Waals surface area contributed by atoms with E-state index >= 15 is 0 Å². The average molecular weight is 163 g/mol. The molecule has 0 radical (unpaired) electrons. The van der Waals surface area contributed by atoms with E-state index in [1.807, 2.05) is 0 Å². The van der Waals surface area contributed by atoms with Gasteiger partial charge >= 0.3 is 0 Å². The highest BCUT2D eigenvalue weighted by Crippen LogP contribution is 2.12. The van der Waals surface area contributed by atoms with Crippen molar-refractivity contribution in [3.8, 4) is 0 Å². The van der Waals surface area contributed by atoms with E-state index in [-0.39, 0.29) is 0 Å². The van der Waals surface area contributed by atoms with Crippen LogP contribution in [0.4, 0.5) is 0 Å². The number of hydrogen-bond donors (Lipinski definition) is 2. The van der Waals surface area contributed by atoms with Crippen molar-refractivity contribution in [2.75, 3.05) is 14.1 Å². The maximum atomic E-state index is 11.1. The third-order valence-electron chi connectivity index (χ3n) is 1.10. The molecule has 0 atom stereocenters. The van der Waals surface area contributed by atoms with Crippen molar-refractivity contribution in [1.29, 1.82) is 0 Å². The minimum absolute atomic E-state index is 0.517. The van der Waals surface area contributed by atoms with Crippen LogP contribution in [-0.4, -0.2) is 30.1 Å². The molecule has 0 amide bonds. The van der Waals surface area contributed by atoms with Gasteiger partial charge in [0.15, 0.2) is 0 Å². The van der Waals surface area contributed by atoms with Crippen LogP contribution in [0.25, 0.3) is 0 Å². The molecular weight excluding hydrogens is 148 g/mol. The predicted molar refractivity (Wildman–Crippen MR) is 41.4 cm³/mol. The molecule has 0 aromatic heterocycles. The molecule has 6 nitrogen and oxygen atoms in total. The summed E-state index contributed by atoms with van der Waals surface area (Å²) in [5, 5.41) is 12.5. The van der Waals surface area contributed by atoms with Crippen LogP contribution in [0.3, 0.4) is 0 Å². The summed E-state index contributed by atoms with van der Waals surface area (Å²) in [6.45, 7) is 3.19. The molecule has 0 bridgehead atoms. The van der Waals surface area contributed by atoms with Crippen LogP contribution >= 0.6 is 0 Å². The van der Waals surface area contributed by atoms with E-state index in [1.54, 1.807) is 20.9 Å². The highest BCUT2D eigenvalue weighted by molar-refractivity contribution is 4.66. The van der Waals surface area contributed by atoms with Gasteiger partial charge in [-0.3, -0.25) is 15.9 Å². The summed E-state index contributed by atoms with van der Waals surface area (Å²) in [6.07, 6.45) is 0. The van der Waals surface area contributed by atoms with Crippen molar-refractivity contribution in [1.82, 2.24) is 15.8 Å². The van der Waals surface area contributed by atoms with Crippen molar-refractivity contribution in [2.45, 2.75) is 19.6 Å². The van der Waals surface area contributed by atoms with Gasteiger partial charge in [-0.25, -0.2) is 5.48 Å². The Hall–Kier alpha value is -0.240. The summed E-state index contributed by atoms with van der Waals surface area (Å²) in [4.78, 5) is 4.89. The molecule has 3 N–H and O–H groups in total. The molecular formula is C5H15N4O2-. The number of hydroxylamine groups is 2. The highest BCUT2D eigenvalue weighted by Gasteiger charge is 2.21. The van der Waals surface area contributed by atoms with Gasteiger partial charge in [-0.15, -0.1) is 0 Å². The molecule has 11 heavy (non-hydrogen) atoms. The first-order valence-electron chi connectivity index (χ1n) is 3.22. The second-order valence-corrected chi connectivity index (χ2v) is 2.60. The van der Waals surface area contributed by atoms with Gasteiger partial charge < -0.3 is 5.21 Å². The molecule has 0 heterocycles. The van der Waals surface area contributed by atoms with E-state index in [4.69, 9.17) is 10.7 Å². The Bertz CT molecular complexity index is 117. The predicted octanol–water partition coefficient (Wildman–Crippen LogP) is -0.606. The van der Waals surface area contributed by atoms with Crippen molar-refractivity contribution in [2.24, 2.45) is 5.84 Å². The Morgan fingerprint density at radius 3 is 2.27 bits per heavy atom. The first-order chi connectivity index (χ1) is 4.91. The van der Waals surface area contributed by atoms with Gasteiger partial charge in [-0.2, -0.15) is 5.12 Å². The molecule has 0 spiro atoms. The Kier molecular flexibility index (Phi) is 3.87. The van der Waals surface area contributed by atoms with Gasteiger partial charge in [0.25, 0.3) is 0 Å². The Balaban J connectivity index is 4.05. The third kappa shape index (κ3) is 3.10. The fraction of sp³-hybridized carbons (Fsp3) is 1.00. The van der Waals surface area contributed by atoms with Crippen LogP contribution in [0.15, 0.2) is 0 Å². The molecule has 0 saturated carbocycles. The molecule has 0 fully saturated rings. The summed E-state index contributed by atoms with van der Waals surface area (Å²) >= 11 is 0. The standard InChI is InChI=1S/C5H15N4O2/c1-5(2,11-7-3)9(10)8(4)6/h7H,6H2,1-4H3/q-1. The first-order valence-corrected chi connectivity index (χ1v) is 3.22. The number of nitrogens with one attached hydrogen (secondary N) is 1. The molecule has 0 aliphatic rings. The molecule has 0 aliphatic heterocycles. The zero-order valence-electron chi connectivity index (χ0n) is 7.29. The number of nitrogens with zero attached hydrogens (tertiary/aromatic N) is 2. The van der Waals surface area contributed by atoms with Crippen molar-refractivity contribution in [3.63, 3.8) is 0 Å². The van der Waals surface area contributed by atoms with E-state index in [9.17, 15) is 5.21 Å². The van der Waals surface area contributed by atoms with Crippen molar-refractivity contribution < 1.29 is 4.84 Å². The van der Waals surface area contributed by atoms with E-state index in [0.717, 1.165) is 5.12 Å². The van der Waals surface area contributed by atoms with E-state index in [1.165, 1.54) is 7.05 Å². The molecule has 0 saturated heterocycles. The second-order valence-electron chi connectivity index (χ2n) is 2.60. The van der Waals surface area contributed by atoms with Crippen molar-refractivity contribution >= 4 is 0 Å². The monoisotopic (exact) mass is 163 g/mol. The normalized spacial score (nSPS) is 13.1. The van der Waals surface area contributed by atoms with Crippen molar-refractivity contribution in [3.05, 3.63) is 5.21 Å². The van der Waals surface area contributed by atoms with E-state index in [2.05, 4.69) is 5.48 Å². The van der Waals surface area contributed by atoms with Gasteiger partial charge in [0.1, 0.15) is 5.72 Å². The SMILES string of the molecule is CNOC(C)(C)N([O-])N(C)N. The van der Waals surface area contributed by atoms with Gasteiger partial charge in [-0.1, -0.05) is 0 Å². The van der Waals surface area contributed by atoms with Crippen LogP contribution < -0.4 is 11.3 Å². The lowest BCUT2D eigenvalue weighted by molar-refractivity contribution is -0.215. The molecule has 0 aromatic rings. The Morgan fingerprint density at radius 1 is 1.55 bits per heavy atom. The smallest absolute Gasteiger partial charge is 0.139 e. The lowest BCUT2D eigenvalue weighted by Crippen LogP contribution is -2.55. The minimum Gasteiger partial charge on any atom is -0.768 e. The molecule has 68 valence electrons. The van der Waals surface area contributed by atoms with Crippen LogP contribution in [0.1, 0.15) is 13.8 Å². The largest absolute Gasteiger partial charge is 0.768 e. The number of hydrazine groups is 2. The molecule has 6 heteroatoms. The highest BCUT2D eigenvalue weighted by atomic mass is 16.7. The second kappa shape index (κ2) is 3.96. The van der Waals surface area contributed by atoms with E-state index in [0.29, 0.717) is 5.17 Å². The van der Waals surface area contributed by atoms with Crippen LogP contribution in [0.2, 0.25) is 0 Å². The van der Waals surface area contributed by atoms with Gasteiger partial charge in [-0.05, 0) is 13.8 Å². The summed E-state index contributed by atoms with van der Waals surface area (Å²) in [6, 6.07) is 0. The summed E-state index contributed by atoms with van der Waals surface area (Å²) in [5.74, 6) is 5.19. The maximum Gasteiger partial charge on any atom is 0.139 e. The van der Waals surface area contributed by atoms with E-state index < -0.39 is 5.72 Å². The number of rotatable bonds is 4. The zero-order valence-corrected chi connectivity index (χ0v) is 7.29. The zero-order chi connectivity index (χ0) is 9.07. The lowest BCUT2D eigenvalue weighted by Gasteiger charge is -2.45. The van der Waals surface area contributed by atoms with Crippen LogP contribution in [-0.2, 0) is 4.84 Å². The minimum atomic E-state index is -1.00.